The highest BCUT2D eigenvalue weighted by atomic mass is 35.5. The summed E-state index contributed by atoms with van der Waals surface area (Å²) in [6.45, 7) is 18.9. The van der Waals surface area contributed by atoms with Gasteiger partial charge in [-0.15, -0.1) is 11.8 Å². The van der Waals surface area contributed by atoms with Crippen LogP contribution in [0.1, 0.15) is 90.2 Å². The average Bonchev–Trinajstić information content (AvgIpc) is 3.27. The summed E-state index contributed by atoms with van der Waals surface area (Å²) in [4.78, 5) is 28.9. The highest BCUT2D eigenvalue weighted by molar-refractivity contribution is 7.98. The van der Waals surface area contributed by atoms with E-state index in [9.17, 15) is 14.7 Å². The number of amides is 1. The lowest BCUT2D eigenvalue weighted by Gasteiger charge is -2.30. The second-order valence-electron chi connectivity index (χ2n) is 12.0. The van der Waals surface area contributed by atoms with E-state index >= 15 is 0 Å². The van der Waals surface area contributed by atoms with Crippen LogP contribution in [0.4, 0.5) is 5.69 Å². The van der Waals surface area contributed by atoms with Gasteiger partial charge in [0.1, 0.15) is 0 Å². The lowest BCUT2D eigenvalue weighted by Crippen LogP contribution is -2.47. The van der Waals surface area contributed by atoms with Crippen LogP contribution in [0.2, 0.25) is 0 Å². The Balaban J connectivity index is 0.000000368. The summed E-state index contributed by atoms with van der Waals surface area (Å²) in [6.07, 6.45) is 13.6. The molecule has 1 aliphatic rings. The zero-order valence-corrected chi connectivity index (χ0v) is 31.6. The lowest BCUT2D eigenvalue weighted by atomic mass is 10.0. The van der Waals surface area contributed by atoms with Gasteiger partial charge in [0.2, 0.25) is 5.91 Å². The maximum Gasteiger partial charge on any atom is 0.219 e. The van der Waals surface area contributed by atoms with Gasteiger partial charge in [0.15, 0.2) is 6.29 Å². The van der Waals surface area contributed by atoms with Gasteiger partial charge >= 0.3 is 0 Å². The Labute approximate surface area is 292 Å². The minimum absolute atomic E-state index is 0.0133. The number of aromatic nitrogens is 1. The van der Waals surface area contributed by atoms with Gasteiger partial charge in [0.25, 0.3) is 0 Å². The van der Waals surface area contributed by atoms with Gasteiger partial charge in [-0.1, -0.05) is 43.2 Å². The highest BCUT2D eigenvalue weighted by Gasteiger charge is 2.18. The minimum atomic E-state index is -0.477. The Morgan fingerprint density at radius 1 is 1.19 bits per heavy atom. The number of nitrogens with two attached hydrogens (primary N) is 1. The number of hydrogen-bond acceptors (Lipinski definition) is 6. The molecule has 7 nitrogen and oxygen atoms in total. The van der Waals surface area contributed by atoms with Crippen molar-refractivity contribution in [2.24, 2.45) is 0 Å². The van der Waals surface area contributed by atoms with E-state index in [0.29, 0.717) is 23.8 Å². The molecule has 2 unspecified atom stereocenters. The topological polar surface area (TPSA) is 111 Å². The normalized spacial score (nSPS) is 14.9. The minimum Gasteiger partial charge on any atom is -0.398 e. The van der Waals surface area contributed by atoms with Crippen molar-refractivity contribution in [2.45, 2.75) is 105 Å². The molecule has 0 saturated carbocycles. The van der Waals surface area contributed by atoms with E-state index in [2.05, 4.69) is 50.1 Å². The number of benzene rings is 1. The molecular formula is C38H57ClN4O3S. The number of halogens is 1. The number of aliphatic hydroxyl groups excluding tert-OH is 1. The number of carbonyl (C=O) groups is 2. The molecule has 0 spiro atoms. The van der Waals surface area contributed by atoms with E-state index in [1.807, 2.05) is 63.5 Å². The molecule has 3 atom stereocenters. The number of hydrogen-bond donors (Lipinski definition) is 4. The Bertz CT molecular complexity index is 1420. The third kappa shape index (κ3) is 14.7. The molecular weight excluding hydrogens is 628 g/mol. The van der Waals surface area contributed by atoms with Crippen LogP contribution >= 0.6 is 23.4 Å². The predicted octanol–water partition coefficient (Wildman–Crippen LogP) is 8.46. The molecule has 0 saturated heterocycles. The first kappa shape index (κ1) is 42.0. The average molecular weight is 685 g/mol. The molecule has 47 heavy (non-hydrogen) atoms. The molecule has 260 valence electrons. The van der Waals surface area contributed by atoms with Crippen LogP contribution in [0.3, 0.4) is 0 Å². The van der Waals surface area contributed by atoms with Gasteiger partial charge < -0.3 is 26.0 Å². The van der Waals surface area contributed by atoms with Crippen molar-refractivity contribution in [3.8, 4) is 0 Å². The fourth-order valence-corrected chi connectivity index (χ4v) is 5.54. The summed E-state index contributed by atoms with van der Waals surface area (Å²) in [6, 6.07) is 8.37. The Morgan fingerprint density at radius 3 is 2.38 bits per heavy atom. The van der Waals surface area contributed by atoms with Crippen molar-refractivity contribution in [3.05, 3.63) is 81.2 Å². The molecule has 3 rings (SSSR count). The van der Waals surface area contributed by atoms with Gasteiger partial charge in [-0.25, -0.2) is 0 Å². The quantitative estimate of drug-likeness (QED) is 0.0773. The predicted molar refractivity (Wildman–Crippen MR) is 204 cm³/mol. The van der Waals surface area contributed by atoms with Crippen molar-refractivity contribution in [1.29, 1.82) is 0 Å². The first-order chi connectivity index (χ1) is 22.2. The summed E-state index contributed by atoms with van der Waals surface area (Å²) in [7, 11) is 0. The second kappa shape index (κ2) is 21.8. The zero-order chi connectivity index (χ0) is 35.7. The standard InChI is InChI=1S/C16H18N2OS.C12H26N2O2.C10H13Cl/c1-10-6-11(2)18-16(10)7-12(9-19)14-8-13(20-3)4-5-15(14)17;1-6-9(2)13-7-10(3)14(12(5)16)8-11(4)15;1-3-9-6-4-5-7-10(11)8(9)2/h4-9,18H,17H2,1-3H3;9-11,13,15H,6-8H2,1-5H3;4-5,7H,3,6H2,1-2H3/b12-7+;;/t;9?,10-,11?;/m.1./s1. The van der Waals surface area contributed by atoms with Crippen LogP contribution in [0.25, 0.3) is 11.6 Å². The second-order valence-corrected chi connectivity index (χ2v) is 13.3. The smallest absolute Gasteiger partial charge is 0.219 e. The summed E-state index contributed by atoms with van der Waals surface area (Å²) < 4.78 is 0. The van der Waals surface area contributed by atoms with Crippen molar-refractivity contribution in [2.75, 3.05) is 25.1 Å². The van der Waals surface area contributed by atoms with Gasteiger partial charge in [-0.3, -0.25) is 9.59 Å². The largest absolute Gasteiger partial charge is 0.398 e. The Kier molecular flexibility index (Phi) is 19.4. The van der Waals surface area contributed by atoms with Crippen LogP contribution < -0.4 is 11.1 Å². The summed E-state index contributed by atoms with van der Waals surface area (Å²) >= 11 is 7.62. The Hall–Kier alpha value is -3.04. The van der Waals surface area contributed by atoms with Gasteiger partial charge in [-0.2, -0.15) is 0 Å². The Morgan fingerprint density at radius 2 is 1.87 bits per heavy atom. The summed E-state index contributed by atoms with van der Waals surface area (Å²) in [5, 5.41) is 13.6. The van der Waals surface area contributed by atoms with Gasteiger partial charge in [-0.05, 0) is 115 Å². The van der Waals surface area contributed by atoms with E-state index in [1.54, 1.807) is 30.5 Å². The van der Waals surface area contributed by atoms with Crippen LogP contribution in [0, 0.1) is 13.8 Å². The van der Waals surface area contributed by atoms with E-state index < -0.39 is 6.10 Å². The molecule has 0 aliphatic heterocycles. The number of aryl methyl sites for hydroxylation is 2. The maximum absolute atomic E-state index is 11.4. The number of rotatable bonds is 12. The first-order valence-corrected chi connectivity index (χ1v) is 18.0. The zero-order valence-electron chi connectivity index (χ0n) is 30.0. The number of anilines is 1. The van der Waals surface area contributed by atoms with Crippen LogP contribution in [-0.2, 0) is 9.59 Å². The van der Waals surface area contributed by atoms with Gasteiger partial charge in [0, 0.05) is 70.2 Å². The SMILES string of the molecule is CCC(C)NC[C@@H](C)N(CC(C)O)C(C)=O.CCC1=C(C)C(Cl)=CC=CC1.CSc1ccc(N)c(/C(C=O)=C/c2[nH]c(C)cc2C)c1. The number of nitrogen functional groups attached to an aromatic ring is 1. The number of aliphatic hydroxyl groups is 1. The van der Waals surface area contributed by atoms with Gasteiger partial charge in [0.05, 0.1) is 6.10 Å². The van der Waals surface area contributed by atoms with Crippen molar-refractivity contribution in [1.82, 2.24) is 15.2 Å². The first-order valence-electron chi connectivity index (χ1n) is 16.4. The number of H-pyrrole nitrogens is 1. The molecule has 1 heterocycles. The number of allylic oxidation sites excluding steroid dienone is 7. The van der Waals surface area contributed by atoms with Crippen LogP contribution in [0.15, 0.2) is 63.6 Å². The number of carbonyl (C=O) groups excluding carboxylic acids is 2. The van der Waals surface area contributed by atoms with Crippen molar-refractivity contribution >= 4 is 52.9 Å². The number of nitrogens with one attached hydrogen (secondary N) is 2. The van der Waals surface area contributed by atoms with E-state index in [0.717, 1.165) is 64.5 Å². The molecule has 9 heteroatoms. The van der Waals surface area contributed by atoms with Crippen molar-refractivity contribution in [3.63, 3.8) is 0 Å². The molecule has 0 bridgehead atoms. The molecule has 0 fully saturated rings. The fraction of sp³-hybridized carbons (Fsp3) is 0.474. The maximum atomic E-state index is 11.4. The summed E-state index contributed by atoms with van der Waals surface area (Å²) in [5.41, 5.74) is 13.8. The molecule has 1 aromatic carbocycles. The van der Waals surface area contributed by atoms with E-state index in [-0.39, 0.29) is 11.9 Å². The third-order valence-electron chi connectivity index (χ3n) is 8.02. The monoisotopic (exact) mass is 684 g/mol. The summed E-state index contributed by atoms with van der Waals surface area (Å²) in [5.74, 6) is 0.0133. The van der Waals surface area contributed by atoms with Crippen LogP contribution in [0.5, 0.6) is 0 Å². The molecule has 2 aromatic rings. The lowest BCUT2D eigenvalue weighted by molar-refractivity contribution is -0.132. The third-order valence-corrected chi connectivity index (χ3v) is 9.15. The molecule has 1 aliphatic carbocycles. The fourth-order valence-electron chi connectivity index (χ4n) is 4.89. The number of nitrogens with zero attached hydrogens (tertiary/aromatic N) is 1. The molecule has 1 aromatic heterocycles. The number of thioether (sulfide) groups is 1. The highest BCUT2D eigenvalue weighted by Crippen LogP contribution is 2.28. The molecule has 5 N–H and O–H groups in total. The van der Waals surface area contributed by atoms with E-state index in [1.165, 1.54) is 11.1 Å². The van der Waals surface area contributed by atoms with E-state index in [4.69, 9.17) is 17.3 Å². The number of aldehydes is 1. The van der Waals surface area contributed by atoms with Crippen molar-refractivity contribution < 1.29 is 14.7 Å². The van der Waals surface area contributed by atoms with Crippen LogP contribution in [-0.4, -0.2) is 64.7 Å². The molecule has 0 radical (unpaired) electrons. The number of aromatic amines is 1. The molecule has 1 amide bonds.